The molecule has 0 fully saturated rings. The molecule has 0 aliphatic heterocycles. The molecule has 0 radical (unpaired) electrons. The van der Waals surface area contributed by atoms with E-state index in [1.54, 1.807) is 38.1 Å². The molecule has 31 heavy (non-hydrogen) atoms. The van der Waals surface area contributed by atoms with Crippen LogP contribution in [-0.2, 0) is 24.8 Å². The van der Waals surface area contributed by atoms with E-state index >= 15 is 0 Å². The van der Waals surface area contributed by atoms with Gasteiger partial charge in [0.15, 0.2) is 0 Å². The van der Waals surface area contributed by atoms with E-state index in [1.807, 2.05) is 0 Å². The Balaban J connectivity index is 2.03. The van der Waals surface area contributed by atoms with Crippen LogP contribution in [0.4, 0.5) is 0 Å². The minimum Gasteiger partial charge on any atom is -0.286 e. The molecule has 0 amide bonds. The lowest BCUT2D eigenvalue weighted by Gasteiger charge is -2.16. The number of aryl methyl sites for hydroxylation is 2. The van der Waals surface area contributed by atoms with E-state index < -0.39 is 41.6 Å². The van der Waals surface area contributed by atoms with Gasteiger partial charge in [-0.2, -0.15) is 12.8 Å². The number of allylic oxidation sites excluding steroid dienone is 3. The van der Waals surface area contributed by atoms with E-state index in [4.69, 9.17) is 23.2 Å². The van der Waals surface area contributed by atoms with Crippen molar-refractivity contribution in [2.24, 2.45) is 4.40 Å². The van der Waals surface area contributed by atoms with Gasteiger partial charge in [-0.25, -0.2) is 8.42 Å². The molecule has 0 bridgehead atoms. The van der Waals surface area contributed by atoms with Crippen molar-refractivity contribution in [3.05, 3.63) is 81.5 Å². The number of benzene rings is 2. The molecule has 0 heterocycles. The maximum Gasteiger partial charge on any atom is 0.282 e. The molecule has 0 atom stereocenters. The lowest BCUT2D eigenvalue weighted by atomic mass is 10.1. The first-order valence-electron chi connectivity index (χ1n) is 8.74. The van der Waals surface area contributed by atoms with E-state index in [1.165, 1.54) is 24.3 Å². The first-order chi connectivity index (χ1) is 14.4. The molecule has 2 aromatic carbocycles. The molecule has 162 valence electrons. The zero-order chi connectivity index (χ0) is 23.0. The van der Waals surface area contributed by atoms with Crippen LogP contribution in [0.2, 0.25) is 0 Å². The molecule has 2 aromatic rings. The second-order valence-electron chi connectivity index (χ2n) is 6.70. The fraction of sp³-hybridized carbons (Fsp3) is 0.100. The van der Waals surface area contributed by atoms with E-state index in [-0.39, 0.29) is 15.5 Å². The van der Waals surface area contributed by atoms with Crippen molar-refractivity contribution in [2.75, 3.05) is 0 Å². The summed E-state index contributed by atoms with van der Waals surface area (Å²) in [5, 5.41) is -0.954. The van der Waals surface area contributed by atoms with Gasteiger partial charge in [0.05, 0.1) is 20.5 Å². The minimum absolute atomic E-state index is 0.0886. The highest BCUT2D eigenvalue weighted by molar-refractivity contribution is 7.90. The van der Waals surface area contributed by atoms with Crippen molar-refractivity contribution in [3.8, 4) is 0 Å². The van der Waals surface area contributed by atoms with Crippen molar-refractivity contribution in [1.29, 1.82) is 0 Å². The summed E-state index contributed by atoms with van der Waals surface area (Å²) in [6.45, 7) is 3.59. The zero-order valence-corrected chi connectivity index (χ0v) is 19.4. The number of halogens is 2. The van der Waals surface area contributed by atoms with E-state index in [0.29, 0.717) is 0 Å². The Morgan fingerprint density at radius 3 is 1.77 bits per heavy atom. The minimum atomic E-state index is -4.20. The largest absolute Gasteiger partial charge is 0.286 e. The van der Waals surface area contributed by atoms with Crippen LogP contribution in [0.3, 0.4) is 0 Å². The molecule has 0 aromatic heterocycles. The number of Topliss-reactive ketones (excluding diaryl/α,β-unsaturated/α-hetero) is 1. The van der Waals surface area contributed by atoms with Crippen LogP contribution in [0.15, 0.2) is 84.6 Å². The van der Waals surface area contributed by atoms with Crippen LogP contribution in [0.25, 0.3) is 0 Å². The fourth-order valence-corrected chi connectivity index (χ4v) is 5.02. The second-order valence-corrected chi connectivity index (χ2v) is 10.7. The van der Waals surface area contributed by atoms with Gasteiger partial charge in [-0.05, 0) is 44.2 Å². The van der Waals surface area contributed by atoms with Gasteiger partial charge in [0, 0.05) is 0 Å². The lowest BCUT2D eigenvalue weighted by Crippen LogP contribution is -2.31. The molecule has 1 aliphatic rings. The molecule has 1 aliphatic carbocycles. The van der Waals surface area contributed by atoms with Gasteiger partial charge in [0.1, 0.15) is 10.7 Å². The molecule has 11 heteroatoms. The van der Waals surface area contributed by atoms with Gasteiger partial charge in [0.25, 0.3) is 20.0 Å². The van der Waals surface area contributed by atoms with E-state index in [0.717, 1.165) is 17.2 Å². The third kappa shape index (κ3) is 5.07. The van der Waals surface area contributed by atoms with Gasteiger partial charge in [-0.1, -0.05) is 58.6 Å². The third-order valence-corrected chi connectivity index (χ3v) is 7.78. The number of nitrogens with zero attached hydrogens (tertiary/aromatic N) is 1. The highest BCUT2D eigenvalue weighted by Crippen LogP contribution is 2.27. The smallest absolute Gasteiger partial charge is 0.282 e. The van der Waals surface area contributed by atoms with E-state index in [2.05, 4.69) is 9.12 Å². The summed E-state index contributed by atoms with van der Waals surface area (Å²) in [6, 6.07) is 11.9. The van der Waals surface area contributed by atoms with Gasteiger partial charge in [-0.3, -0.25) is 9.52 Å². The number of hydrogen-bond donors (Lipinski definition) is 1. The molecule has 7 nitrogen and oxygen atoms in total. The normalized spacial score (nSPS) is 16.5. The Morgan fingerprint density at radius 2 is 1.26 bits per heavy atom. The van der Waals surface area contributed by atoms with Gasteiger partial charge >= 0.3 is 0 Å². The molecular formula is C20H16Cl2N2O5S2. The molecule has 1 N–H and O–H groups in total. The predicted octanol–water partition coefficient (Wildman–Crippen LogP) is 3.57. The first-order valence-corrected chi connectivity index (χ1v) is 12.4. The predicted molar refractivity (Wildman–Crippen MR) is 119 cm³/mol. The van der Waals surface area contributed by atoms with Gasteiger partial charge in [0.2, 0.25) is 5.78 Å². The highest BCUT2D eigenvalue weighted by atomic mass is 35.5. The average Bonchev–Trinajstić information content (AvgIpc) is 2.70. The Kier molecular flexibility index (Phi) is 6.43. The summed E-state index contributed by atoms with van der Waals surface area (Å²) in [5.41, 5.74) is 0.852. The number of sulfonamides is 2. The second kappa shape index (κ2) is 8.58. The van der Waals surface area contributed by atoms with Crippen LogP contribution in [-0.4, -0.2) is 28.3 Å². The molecular weight excluding hydrogens is 483 g/mol. The lowest BCUT2D eigenvalue weighted by molar-refractivity contribution is -0.111. The van der Waals surface area contributed by atoms with Crippen molar-refractivity contribution in [1.82, 2.24) is 4.72 Å². The molecule has 3 rings (SSSR count). The maximum absolute atomic E-state index is 12.6. The summed E-state index contributed by atoms with van der Waals surface area (Å²) >= 11 is 12.0. The molecule has 0 saturated heterocycles. The highest BCUT2D eigenvalue weighted by Gasteiger charge is 2.30. The van der Waals surface area contributed by atoms with Gasteiger partial charge in [-0.15, -0.1) is 0 Å². The van der Waals surface area contributed by atoms with Crippen molar-refractivity contribution in [3.63, 3.8) is 0 Å². The van der Waals surface area contributed by atoms with Crippen LogP contribution in [0.5, 0.6) is 0 Å². The number of nitrogens with one attached hydrogen (secondary N) is 1. The van der Waals surface area contributed by atoms with Crippen molar-refractivity contribution >= 4 is 54.7 Å². The Hall–Kier alpha value is -2.46. The summed E-state index contributed by atoms with van der Waals surface area (Å²) in [5.74, 6) is -0.908. The Bertz CT molecular complexity index is 1360. The zero-order valence-electron chi connectivity index (χ0n) is 16.3. The number of ketones is 1. The standard InChI is InChI=1S/C20H16Cl2N2O5S2/c1-12-3-7-14(8-4-12)30(26,27)23-16-11-17(20(25)19(22)18(16)21)24-31(28,29)15-9-5-13(2)6-10-15/h3-11,24H,1-2H3. The van der Waals surface area contributed by atoms with Crippen LogP contribution in [0.1, 0.15) is 11.1 Å². The van der Waals surface area contributed by atoms with Crippen LogP contribution >= 0.6 is 23.2 Å². The number of carbonyl (C=O) groups is 1. The molecule has 0 saturated carbocycles. The van der Waals surface area contributed by atoms with Crippen LogP contribution in [0, 0.1) is 13.8 Å². The number of carbonyl (C=O) groups excluding carboxylic acids is 1. The molecule has 0 spiro atoms. The van der Waals surface area contributed by atoms with Crippen molar-refractivity contribution in [2.45, 2.75) is 23.6 Å². The van der Waals surface area contributed by atoms with Crippen LogP contribution < -0.4 is 4.72 Å². The summed E-state index contributed by atoms with van der Waals surface area (Å²) in [6.07, 6.45) is 0.939. The monoisotopic (exact) mass is 498 g/mol. The maximum atomic E-state index is 12.6. The Labute approximate surface area is 190 Å². The topological polar surface area (TPSA) is 110 Å². The summed E-state index contributed by atoms with van der Waals surface area (Å²) < 4.78 is 56.3. The summed E-state index contributed by atoms with van der Waals surface area (Å²) in [4.78, 5) is 12.3. The first kappa shape index (κ1) is 23.2. The van der Waals surface area contributed by atoms with E-state index in [9.17, 15) is 21.6 Å². The summed E-state index contributed by atoms with van der Waals surface area (Å²) in [7, 11) is -8.34. The molecule has 0 unspecified atom stereocenters. The van der Waals surface area contributed by atoms with Gasteiger partial charge < -0.3 is 0 Å². The SMILES string of the molecule is Cc1ccc(S(=O)(=O)N=C2C=C(NS(=O)(=O)c3ccc(C)cc3)C(=O)C(Cl)=C2Cl)cc1. The number of rotatable bonds is 5. The number of hydrogen-bond acceptors (Lipinski definition) is 5. The Morgan fingerprint density at radius 1 is 0.774 bits per heavy atom. The fourth-order valence-electron chi connectivity index (χ4n) is 2.55. The quantitative estimate of drug-likeness (QED) is 0.633. The average molecular weight is 499 g/mol. The van der Waals surface area contributed by atoms with Crippen molar-refractivity contribution < 1.29 is 21.6 Å². The third-order valence-electron chi connectivity index (χ3n) is 4.26.